The van der Waals surface area contributed by atoms with E-state index in [1.165, 1.54) is 83.1 Å². The molecule has 1 nitrogen and oxygen atoms in total. The minimum Gasteiger partial charge on any atom is -0.284 e. The Bertz CT molecular complexity index is 2730. The maximum Gasteiger partial charge on any atom is 0.0643 e. The molecule has 0 atom stereocenters. The van der Waals surface area contributed by atoms with Crippen LogP contribution < -0.4 is 0 Å². The lowest BCUT2D eigenvalue weighted by Crippen LogP contribution is -2.14. The van der Waals surface area contributed by atoms with E-state index < -0.39 is 0 Å². The van der Waals surface area contributed by atoms with E-state index in [-0.39, 0.29) is 5.41 Å². The number of hydrogen-bond donors (Lipinski definition) is 0. The number of aliphatic imine (C=N–C) groups is 1. The highest BCUT2D eigenvalue weighted by Crippen LogP contribution is 2.49. The van der Waals surface area contributed by atoms with Crippen LogP contribution in [0.5, 0.6) is 0 Å². The Morgan fingerprint density at radius 2 is 0.983 bits per heavy atom. The number of benzene rings is 8. The highest BCUT2D eigenvalue weighted by atomic mass is 14.7. The second kappa shape index (κ2) is 16.9. The lowest BCUT2D eigenvalue weighted by molar-refractivity contribution is 0.660. The highest BCUT2D eigenvalue weighted by Gasteiger charge is 2.35. The van der Waals surface area contributed by atoms with Crippen LogP contribution >= 0.6 is 0 Å². The highest BCUT2D eigenvalue weighted by molar-refractivity contribution is 6.05. The van der Waals surface area contributed by atoms with Gasteiger partial charge in [0.15, 0.2) is 0 Å². The zero-order chi connectivity index (χ0) is 40.1. The molecule has 1 aliphatic rings. The molecule has 9 rings (SSSR count). The quantitative estimate of drug-likeness (QED) is 0.130. The average molecular weight is 750 g/mol. The number of hydrogen-bond acceptors (Lipinski definition) is 1. The predicted molar refractivity (Wildman–Crippen MR) is 251 cm³/mol. The van der Waals surface area contributed by atoms with Gasteiger partial charge in [0.05, 0.1) is 6.54 Å². The van der Waals surface area contributed by atoms with Gasteiger partial charge in [-0.3, -0.25) is 4.99 Å². The normalized spacial score (nSPS) is 13.1. The summed E-state index contributed by atoms with van der Waals surface area (Å²) in [4.78, 5) is 5.32. The molecular weight excluding hydrogens is 699 g/mol. The van der Waals surface area contributed by atoms with Crippen LogP contribution in [0.1, 0.15) is 68.9 Å². The van der Waals surface area contributed by atoms with Gasteiger partial charge in [0.1, 0.15) is 0 Å². The van der Waals surface area contributed by atoms with Crippen molar-refractivity contribution in [3.63, 3.8) is 0 Å². The van der Waals surface area contributed by atoms with Crippen molar-refractivity contribution in [3.05, 3.63) is 222 Å². The van der Waals surface area contributed by atoms with Gasteiger partial charge in [-0.25, -0.2) is 0 Å². The Hall–Kier alpha value is -6.57. The van der Waals surface area contributed by atoms with Gasteiger partial charge in [0, 0.05) is 17.5 Å². The van der Waals surface area contributed by atoms with E-state index in [0.717, 1.165) is 17.7 Å². The Labute approximate surface area is 345 Å². The van der Waals surface area contributed by atoms with Gasteiger partial charge >= 0.3 is 0 Å². The van der Waals surface area contributed by atoms with Crippen LogP contribution in [0.15, 0.2) is 199 Å². The lowest BCUT2D eigenvalue weighted by Gasteiger charge is -2.21. The fraction of sp³-hybridized carbons (Fsp3) is 0.140. The Morgan fingerprint density at radius 3 is 1.67 bits per heavy atom. The van der Waals surface area contributed by atoms with E-state index >= 15 is 0 Å². The SMILES string of the molecule is CC.CC(=CCC(=NCc1ccc(-c2ccccc2)cc1)c1ccc2ccc(-c3ccc4c(c3)-c3ccccc3C4(C)C)cc2c1)c1ccc(-c2ccccc2)cc1. The molecule has 8 aromatic rings. The molecule has 0 fully saturated rings. The monoisotopic (exact) mass is 749 g/mol. The maximum atomic E-state index is 5.32. The van der Waals surface area contributed by atoms with E-state index in [9.17, 15) is 0 Å². The second-order valence-electron chi connectivity index (χ2n) is 15.6. The van der Waals surface area contributed by atoms with Crippen LogP contribution in [0, 0.1) is 0 Å². The van der Waals surface area contributed by atoms with Crippen LogP contribution in [0.25, 0.3) is 60.9 Å². The third kappa shape index (κ3) is 7.86. The number of allylic oxidation sites excluding steroid dienone is 2. The van der Waals surface area contributed by atoms with Crippen LogP contribution in [0.2, 0.25) is 0 Å². The molecular formula is C57H51N. The van der Waals surface area contributed by atoms with Crippen molar-refractivity contribution in [1.82, 2.24) is 0 Å². The van der Waals surface area contributed by atoms with E-state index in [0.29, 0.717) is 6.54 Å². The smallest absolute Gasteiger partial charge is 0.0643 e. The molecule has 0 amide bonds. The van der Waals surface area contributed by atoms with Gasteiger partial charge in [-0.1, -0.05) is 204 Å². The molecule has 0 saturated carbocycles. The van der Waals surface area contributed by atoms with E-state index in [1.807, 2.05) is 13.8 Å². The predicted octanol–water partition coefficient (Wildman–Crippen LogP) is 15.7. The first-order chi connectivity index (χ1) is 28.4. The summed E-state index contributed by atoms with van der Waals surface area (Å²) in [5.41, 5.74) is 18.8. The second-order valence-corrected chi connectivity index (χ2v) is 15.6. The molecule has 1 heteroatoms. The summed E-state index contributed by atoms with van der Waals surface area (Å²) < 4.78 is 0. The Morgan fingerprint density at radius 1 is 0.466 bits per heavy atom. The summed E-state index contributed by atoms with van der Waals surface area (Å²) in [6, 6.07) is 68.4. The summed E-state index contributed by atoms with van der Waals surface area (Å²) in [7, 11) is 0. The fourth-order valence-corrected chi connectivity index (χ4v) is 8.32. The molecule has 0 heterocycles. The zero-order valence-corrected chi connectivity index (χ0v) is 34.3. The molecule has 1 aliphatic carbocycles. The number of nitrogens with zero attached hydrogens (tertiary/aromatic N) is 1. The first-order valence-electron chi connectivity index (χ1n) is 20.7. The van der Waals surface area contributed by atoms with E-state index in [1.54, 1.807) is 0 Å². The van der Waals surface area contributed by atoms with Crippen molar-refractivity contribution in [2.24, 2.45) is 4.99 Å². The molecule has 284 valence electrons. The molecule has 0 bridgehead atoms. The Kier molecular flexibility index (Phi) is 11.2. The largest absolute Gasteiger partial charge is 0.284 e. The summed E-state index contributed by atoms with van der Waals surface area (Å²) >= 11 is 0. The molecule has 0 spiro atoms. The van der Waals surface area contributed by atoms with Crippen LogP contribution in [0.4, 0.5) is 0 Å². The van der Waals surface area contributed by atoms with Crippen molar-refractivity contribution in [2.45, 2.75) is 53.0 Å². The van der Waals surface area contributed by atoms with Crippen molar-refractivity contribution in [1.29, 1.82) is 0 Å². The molecule has 8 aromatic carbocycles. The molecule has 0 aromatic heterocycles. The van der Waals surface area contributed by atoms with Crippen LogP contribution in [-0.2, 0) is 12.0 Å². The minimum atomic E-state index is 0.000820. The summed E-state index contributed by atoms with van der Waals surface area (Å²) in [6.45, 7) is 11.5. The van der Waals surface area contributed by atoms with Crippen molar-refractivity contribution < 1.29 is 0 Å². The standard InChI is InChI=1S/C55H45N.C2H6/c1-38(40-23-25-44(26-24-40)42-14-8-5-9-15-42)18-33-54(56-37-39-19-21-43(22-20-39)41-12-6-4-7-13-41)48-30-28-45-27-29-46(34-49(45)35-48)47-31-32-53-51(36-47)50-16-10-11-17-52(50)55(53,2)3;1-2/h4-32,34-36H,33,37H2,1-3H3;1-2H3. The topological polar surface area (TPSA) is 12.4 Å². The van der Waals surface area contributed by atoms with Gasteiger partial charge in [-0.15, -0.1) is 0 Å². The van der Waals surface area contributed by atoms with Crippen LogP contribution in [-0.4, -0.2) is 5.71 Å². The Balaban J connectivity index is 0.00000231. The maximum absolute atomic E-state index is 5.32. The number of rotatable bonds is 9. The van der Waals surface area contributed by atoms with E-state index in [2.05, 4.69) is 215 Å². The van der Waals surface area contributed by atoms with Gasteiger partial charge in [-0.2, -0.15) is 0 Å². The van der Waals surface area contributed by atoms with Crippen molar-refractivity contribution >= 4 is 22.1 Å². The average Bonchev–Trinajstić information content (AvgIpc) is 3.52. The lowest BCUT2D eigenvalue weighted by atomic mass is 9.82. The molecule has 0 saturated heterocycles. The van der Waals surface area contributed by atoms with Gasteiger partial charge in [0.2, 0.25) is 0 Å². The summed E-state index contributed by atoms with van der Waals surface area (Å²) in [5, 5.41) is 2.45. The zero-order valence-electron chi connectivity index (χ0n) is 34.3. The molecule has 0 radical (unpaired) electrons. The first kappa shape index (κ1) is 38.3. The van der Waals surface area contributed by atoms with Gasteiger partial charge < -0.3 is 0 Å². The number of fused-ring (bicyclic) bond motifs is 4. The minimum absolute atomic E-state index is 0.000820. The molecule has 58 heavy (non-hydrogen) atoms. The van der Waals surface area contributed by atoms with Crippen molar-refractivity contribution in [2.75, 3.05) is 0 Å². The summed E-state index contributed by atoms with van der Waals surface area (Å²) in [5.74, 6) is 0. The van der Waals surface area contributed by atoms with E-state index in [4.69, 9.17) is 4.99 Å². The van der Waals surface area contributed by atoms with Gasteiger partial charge in [-0.05, 0) is 114 Å². The summed E-state index contributed by atoms with van der Waals surface area (Å²) in [6.07, 6.45) is 3.07. The third-order valence-corrected chi connectivity index (χ3v) is 11.7. The van der Waals surface area contributed by atoms with Gasteiger partial charge in [0.25, 0.3) is 0 Å². The molecule has 0 aliphatic heterocycles. The first-order valence-corrected chi connectivity index (χ1v) is 20.7. The van der Waals surface area contributed by atoms with Crippen LogP contribution in [0.3, 0.4) is 0 Å². The molecule has 0 N–H and O–H groups in total. The fourth-order valence-electron chi connectivity index (χ4n) is 8.32. The molecule has 0 unspecified atom stereocenters. The van der Waals surface area contributed by atoms with Crippen molar-refractivity contribution in [3.8, 4) is 44.5 Å². The third-order valence-electron chi connectivity index (χ3n) is 11.7.